The van der Waals surface area contributed by atoms with Crippen molar-refractivity contribution in [2.75, 3.05) is 13.7 Å². The Morgan fingerprint density at radius 2 is 2.23 bits per heavy atom. The number of imidazole rings is 1. The normalized spacial score (nSPS) is 10.4. The van der Waals surface area contributed by atoms with Gasteiger partial charge in [-0.1, -0.05) is 5.92 Å². The third kappa shape index (κ3) is 2.67. The van der Waals surface area contributed by atoms with Crippen molar-refractivity contribution in [1.82, 2.24) is 19.9 Å². The molecule has 0 aliphatic heterocycles. The number of aromatic amines is 1. The van der Waals surface area contributed by atoms with E-state index in [1.165, 1.54) is 0 Å². The summed E-state index contributed by atoms with van der Waals surface area (Å²) >= 11 is 5.77. The fourth-order valence-corrected chi connectivity index (χ4v) is 2.13. The van der Waals surface area contributed by atoms with Gasteiger partial charge < -0.3 is 14.5 Å². The van der Waals surface area contributed by atoms with Gasteiger partial charge in [0, 0.05) is 6.07 Å². The maximum atomic E-state index is 5.77. The van der Waals surface area contributed by atoms with E-state index in [-0.39, 0.29) is 11.9 Å². The smallest absolute Gasteiger partial charge is 0.224 e. The highest BCUT2D eigenvalue weighted by molar-refractivity contribution is 6.28. The first kappa shape index (κ1) is 14.2. The first-order chi connectivity index (χ1) is 10.7. The minimum absolute atomic E-state index is 0.160. The van der Waals surface area contributed by atoms with Gasteiger partial charge in [0.15, 0.2) is 5.65 Å². The van der Waals surface area contributed by atoms with Gasteiger partial charge in [0.25, 0.3) is 0 Å². The molecule has 0 fully saturated rings. The predicted octanol–water partition coefficient (Wildman–Crippen LogP) is 2.69. The number of nitrogens with one attached hydrogen (secondary N) is 1. The zero-order valence-electron chi connectivity index (χ0n) is 11.6. The highest BCUT2D eigenvalue weighted by atomic mass is 35.5. The molecule has 1 aromatic carbocycles. The molecular formula is C15H11ClN4O2. The van der Waals surface area contributed by atoms with E-state index in [2.05, 4.69) is 25.9 Å². The van der Waals surface area contributed by atoms with Crippen LogP contribution >= 0.6 is 11.6 Å². The van der Waals surface area contributed by atoms with Gasteiger partial charge in [0.1, 0.15) is 29.4 Å². The van der Waals surface area contributed by atoms with Crippen LogP contribution in [0.4, 0.5) is 0 Å². The van der Waals surface area contributed by atoms with E-state index in [4.69, 9.17) is 27.5 Å². The molecule has 0 saturated heterocycles. The van der Waals surface area contributed by atoms with Crippen LogP contribution in [0.15, 0.2) is 24.4 Å². The first-order valence-electron chi connectivity index (χ1n) is 6.34. The van der Waals surface area contributed by atoms with E-state index in [9.17, 15) is 0 Å². The number of benzene rings is 1. The Labute approximate surface area is 131 Å². The highest BCUT2D eigenvalue weighted by Gasteiger charge is 2.13. The lowest BCUT2D eigenvalue weighted by Crippen LogP contribution is -1.95. The molecule has 0 spiro atoms. The van der Waals surface area contributed by atoms with Crippen molar-refractivity contribution in [3.05, 3.63) is 29.7 Å². The second-order valence-electron chi connectivity index (χ2n) is 4.31. The van der Waals surface area contributed by atoms with Crippen molar-refractivity contribution in [2.24, 2.45) is 0 Å². The fraction of sp³-hybridized carbons (Fsp3) is 0.133. The van der Waals surface area contributed by atoms with Crippen LogP contribution in [-0.4, -0.2) is 33.7 Å². The Balaban J connectivity index is 2.03. The largest absolute Gasteiger partial charge is 0.496 e. The van der Waals surface area contributed by atoms with Crippen molar-refractivity contribution < 1.29 is 9.47 Å². The Kier molecular flexibility index (Phi) is 3.81. The van der Waals surface area contributed by atoms with Crippen LogP contribution in [0.1, 0.15) is 0 Å². The summed E-state index contributed by atoms with van der Waals surface area (Å²) in [5.74, 6) is 4.24. The number of hydrogen-bond acceptors (Lipinski definition) is 5. The minimum Gasteiger partial charge on any atom is -0.496 e. The molecule has 3 aromatic rings. The molecule has 6 nitrogen and oxygen atoms in total. The Bertz CT molecular complexity index is 870. The minimum atomic E-state index is 0.160. The number of H-pyrrole nitrogens is 1. The molecule has 3 rings (SSSR count). The van der Waals surface area contributed by atoms with Crippen LogP contribution in [0, 0.1) is 12.3 Å². The first-order valence-corrected chi connectivity index (χ1v) is 6.72. The molecule has 0 saturated carbocycles. The number of hydrogen-bond donors (Lipinski definition) is 1. The summed E-state index contributed by atoms with van der Waals surface area (Å²) < 4.78 is 10.8. The molecule has 0 bridgehead atoms. The number of halogens is 1. The second-order valence-corrected chi connectivity index (χ2v) is 4.65. The van der Waals surface area contributed by atoms with Gasteiger partial charge in [-0.2, -0.15) is 4.98 Å². The van der Waals surface area contributed by atoms with Crippen LogP contribution in [0.3, 0.4) is 0 Å². The summed E-state index contributed by atoms with van der Waals surface area (Å²) in [4.78, 5) is 15.5. The number of terminal acetylenes is 1. The highest BCUT2D eigenvalue weighted by Crippen LogP contribution is 2.32. The van der Waals surface area contributed by atoms with Crippen molar-refractivity contribution in [2.45, 2.75) is 0 Å². The van der Waals surface area contributed by atoms with Crippen molar-refractivity contribution >= 4 is 22.8 Å². The Hall–Kier alpha value is -2.78. The van der Waals surface area contributed by atoms with Crippen LogP contribution in [0.25, 0.3) is 22.6 Å². The molecule has 0 radical (unpaired) electrons. The maximum Gasteiger partial charge on any atom is 0.224 e. The summed E-state index contributed by atoms with van der Waals surface area (Å²) in [6.07, 6.45) is 6.74. The number of methoxy groups -OCH3 is 1. The molecule has 2 heterocycles. The number of rotatable bonds is 4. The summed E-state index contributed by atoms with van der Waals surface area (Å²) in [7, 11) is 1.57. The third-order valence-electron chi connectivity index (χ3n) is 2.96. The van der Waals surface area contributed by atoms with E-state index in [0.717, 1.165) is 5.56 Å². The van der Waals surface area contributed by atoms with E-state index in [1.54, 1.807) is 25.4 Å². The average Bonchev–Trinajstić information content (AvgIpc) is 2.95. The number of aromatic nitrogens is 4. The lowest BCUT2D eigenvalue weighted by molar-refractivity contribution is 0.363. The topological polar surface area (TPSA) is 72.9 Å². The van der Waals surface area contributed by atoms with Crippen molar-refractivity contribution in [1.29, 1.82) is 0 Å². The SMILES string of the molecule is C#CCOc1ccc(-c2nc3cnc(Cl)nc3[nH]2)c(OC)c1. The molecule has 0 unspecified atom stereocenters. The third-order valence-corrected chi connectivity index (χ3v) is 3.14. The molecule has 1 N–H and O–H groups in total. The lowest BCUT2D eigenvalue weighted by atomic mass is 10.2. The number of ether oxygens (including phenoxy) is 2. The standard InChI is InChI=1S/C15H11ClN4O2/c1-3-6-22-9-4-5-10(12(7-9)21-2)13-18-11-8-17-15(16)20-14(11)19-13/h1,4-5,7-8H,6H2,2H3,(H,17,18,19,20). The van der Waals surface area contributed by atoms with Gasteiger partial charge >= 0.3 is 0 Å². The van der Waals surface area contributed by atoms with Gasteiger partial charge in [-0.25, -0.2) is 9.97 Å². The summed E-state index contributed by atoms with van der Waals surface area (Å²) in [6, 6.07) is 5.37. The predicted molar refractivity (Wildman–Crippen MR) is 83.0 cm³/mol. The summed E-state index contributed by atoms with van der Waals surface area (Å²) in [6.45, 7) is 0.196. The molecule has 0 aliphatic rings. The fourth-order valence-electron chi connectivity index (χ4n) is 2.00. The van der Waals surface area contributed by atoms with Gasteiger partial charge in [0.2, 0.25) is 5.28 Å². The molecule has 0 amide bonds. The van der Waals surface area contributed by atoms with E-state index >= 15 is 0 Å². The van der Waals surface area contributed by atoms with Crippen molar-refractivity contribution in [3.63, 3.8) is 0 Å². The zero-order chi connectivity index (χ0) is 15.5. The molecule has 22 heavy (non-hydrogen) atoms. The van der Waals surface area contributed by atoms with Crippen LogP contribution in [0.5, 0.6) is 11.5 Å². The molecule has 0 aliphatic carbocycles. The van der Waals surface area contributed by atoms with Gasteiger partial charge in [-0.3, -0.25) is 0 Å². The summed E-state index contributed by atoms with van der Waals surface area (Å²) in [5.41, 5.74) is 1.95. The van der Waals surface area contributed by atoms with Crippen LogP contribution in [0.2, 0.25) is 5.28 Å². The zero-order valence-corrected chi connectivity index (χ0v) is 12.4. The Morgan fingerprint density at radius 3 is 3.00 bits per heavy atom. The molecule has 2 aromatic heterocycles. The molecule has 110 valence electrons. The second kappa shape index (κ2) is 5.92. The van der Waals surface area contributed by atoms with Gasteiger partial charge in [-0.05, 0) is 23.7 Å². The van der Waals surface area contributed by atoms with Crippen molar-refractivity contribution in [3.8, 4) is 35.2 Å². The van der Waals surface area contributed by atoms with Gasteiger partial charge in [-0.15, -0.1) is 6.42 Å². The van der Waals surface area contributed by atoms with E-state index in [1.807, 2.05) is 6.07 Å². The van der Waals surface area contributed by atoms with Crippen LogP contribution in [-0.2, 0) is 0 Å². The Morgan fingerprint density at radius 1 is 1.36 bits per heavy atom. The molecule has 7 heteroatoms. The monoisotopic (exact) mass is 314 g/mol. The number of nitrogens with zero attached hydrogens (tertiary/aromatic N) is 3. The molecule has 0 atom stereocenters. The maximum absolute atomic E-state index is 5.77. The average molecular weight is 315 g/mol. The summed E-state index contributed by atoms with van der Waals surface area (Å²) in [5, 5.41) is 0.160. The lowest BCUT2D eigenvalue weighted by Gasteiger charge is -2.09. The van der Waals surface area contributed by atoms with Gasteiger partial charge in [0.05, 0.1) is 18.9 Å². The van der Waals surface area contributed by atoms with E-state index in [0.29, 0.717) is 28.5 Å². The van der Waals surface area contributed by atoms with E-state index < -0.39 is 0 Å². The molecular weight excluding hydrogens is 304 g/mol. The van der Waals surface area contributed by atoms with Crippen LogP contribution < -0.4 is 9.47 Å². The number of fused-ring (bicyclic) bond motifs is 1. The quantitative estimate of drug-likeness (QED) is 0.592.